The minimum absolute atomic E-state index is 0.153. The first kappa shape index (κ1) is 30.2. The van der Waals surface area contributed by atoms with Gasteiger partial charge in [0.15, 0.2) is 5.78 Å². The van der Waals surface area contributed by atoms with E-state index in [9.17, 15) is 4.79 Å². The molecule has 1 heterocycles. The Bertz CT molecular complexity index is 474. The van der Waals surface area contributed by atoms with Gasteiger partial charge in [-0.2, -0.15) is 0 Å². The lowest BCUT2D eigenvalue weighted by Crippen LogP contribution is -2.15. The summed E-state index contributed by atoms with van der Waals surface area (Å²) in [7, 11) is 0. The Kier molecular flexibility index (Phi) is 20.9. The van der Waals surface area contributed by atoms with Crippen LogP contribution in [0.15, 0.2) is 5.16 Å². The molecule has 1 unspecified atom stereocenters. The maximum Gasteiger partial charge on any atom is 0.180 e. The van der Waals surface area contributed by atoms with E-state index in [1.807, 2.05) is 0 Å². The van der Waals surface area contributed by atoms with Crippen LogP contribution in [0.4, 0.5) is 0 Å². The monoisotopic (exact) mass is 463 g/mol. The number of Topliss-reactive ketones (excluding diaryl/α,β-unsaturated/α-hetero) is 1. The highest BCUT2D eigenvalue weighted by Crippen LogP contribution is 2.20. The molecule has 0 aromatic heterocycles. The van der Waals surface area contributed by atoms with Crippen molar-refractivity contribution in [2.24, 2.45) is 5.16 Å². The third kappa shape index (κ3) is 18.2. The average molecular weight is 464 g/mol. The lowest BCUT2D eigenvalue weighted by atomic mass is 9.99. The van der Waals surface area contributed by atoms with Crippen molar-refractivity contribution in [2.45, 2.75) is 180 Å². The summed E-state index contributed by atoms with van der Waals surface area (Å²) in [6.07, 6.45) is 32.1. The van der Waals surface area contributed by atoms with Crippen LogP contribution in [-0.4, -0.2) is 17.6 Å². The topological polar surface area (TPSA) is 38.7 Å². The van der Waals surface area contributed by atoms with Gasteiger partial charge in [0.05, 0.1) is 0 Å². The normalized spacial score (nSPS) is 15.6. The molecular weight excluding hydrogens is 406 g/mol. The van der Waals surface area contributed by atoms with Gasteiger partial charge in [-0.1, -0.05) is 147 Å². The van der Waals surface area contributed by atoms with Crippen molar-refractivity contribution in [2.75, 3.05) is 0 Å². The number of carbonyl (C=O) groups is 1. The summed E-state index contributed by atoms with van der Waals surface area (Å²) in [5, 5.41) is 4.12. The van der Waals surface area contributed by atoms with Crippen LogP contribution < -0.4 is 0 Å². The molecule has 0 radical (unpaired) electrons. The first-order valence-electron chi connectivity index (χ1n) is 15.0. The zero-order chi connectivity index (χ0) is 23.8. The molecule has 0 aromatic carbocycles. The van der Waals surface area contributed by atoms with Gasteiger partial charge >= 0.3 is 0 Å². The summed E-state index contributed by atoms with van der Waals surface area (Å²) in [5.74, 6) is 0.229. The van der Waals surface area contributed by atoms with E-state index < -0.39 is 0 Å². The summed E-state index contributed by atoms with van der Waals surface area (Å²) in [6, 6.07) is 0. The van der Waals surface area contributed by atoms with Crippen LogP contribution in [0, 0.1) is 0 Å². The van der Waals surface area contributed by atoms with E-state index in [2.05, 4.69) is 19.0 Å². The molecule has 0 aliphatic carbocycles. The molecular formula is C30H57NO2. The lowest BCUT2D eigenvalue weighted by Gasteiger charge is -2.07. The fourth-order valence-corrected chi connectivity index (χ4v) is 4.88. The van der Waals surface area contributed by atoms with Gasteiger partial charge in [-0.15, -0.1) is 0 Å². The molecule has 0 N–H and O–H groups in total. The Morgan fingerprint density at radius 1 is 0.636 bits per heavy atom. The van der Waals surface area contributed by atoms with Gasteiger partial charge in [0, 0.05) is 12.8 Å². The minimum atomic E-state index is 0.153. The number of hydrogen-bond acceptors (Lipinski definition) is 3. The van der Waals surface area contributed by atoms with Crippen molar-refractivity contribution in [3.05, 3.63) is 0 Å². The minimum Gasteiger partial charge on any atom is -0.392 e. The van der Waals surface area contributed by atoms with E-state index in [4.69, 9.17) is 4.84 Å². The fourth-order valence-electron chi connectivity index (χ4n) is 4.88. The van der Waals surface area contributed by atoms with Crippen LogP contribution in [-0.2, 0) is 9.63 Å². The predicted molar refractivity (Wildman–Crippen MR) is 144 cm³/mol. The van der Waals surface area contributed by atoms with Gasteiger partial charge in [0.2, 0.25) is 0 Å². The molecule has 1 atom stereocenters. The molecule has 0 spiro atoms. The number of rotatable bonds is 25. The van der Waals surface area contributed by atoms with Crippen LogP contribution in [0.2, 0.25) is 0 Å². The fraction of sp³-hybridized carbons (Fsp3) is 0.933. The summed E-state index contributed by atoms with van der Waals surface area (Å²) < 4.78 is 0. The lowest BCUT2D eigenvalue weighted by molar-refractivity contribution is -0.113. The Morgan fingerprint density at radius 3 is 1.48 bits per heavy atom. The maximum absolute atomic E-state index is 12.4. The Morgan fingerprint density at radius 2 is 1.03 bits per heavy atom. The van der Waals surface area contributed by atoms with E-state index in [0.29, 0.717) is 12.1 Å². The summed E-state index contributed by atoms with van der Waals surface area (Å²) in [5.41, 5.74) is 0.704. The van der Waals surface area contributed by atoms with Crippen LogP contribution >= 0.6 is 0 Å². The molecule has 0 aromatic rings. The Balaban J connectivity index is 1.86. The van der Waals surface area contributed by atoms with Crippen LogP contribution in [0.1, 0.15) is 174 Å². The molecule has 0 bridgehead atoms. The van der Waals surface area contributed by atoms with Crippen molar-refractivity contribution >= 4 is 11.5 Å². The highest BCUT2D eigenvalue weighted by atomic mass is 16.6. The van der Waals surface area contributed by atoms with Crippen molar-refractivity contribution in [3.8, 4) is 0 Å². The van der Waals surface area contributed by atoms with E-state index in [-0.39, 0.29) is 11.9 Å². The SMILES string of the molecule is CCCCCCCCCCCCCCC(=O)C1=NOC(CCCCCCCCCCCC)C1. The second kappa shape index (κ2) is 22.9. The number of unbranched alkanes of at least 4 members (excludes halogenated alkanes) is 20. The zero-order valence-corrected chi connectivity index (χ0v) is 22.5. The molecule has 0 saturated heterocycles. The van der Waals surface area contributed by atoms with Crippen molar-refractivity contribution in [1.82, 2.24) is 0 Å². The number of carbonyl (C=O) groups excluding carboxylic acids is 1. The van der Waals surface area contributed by atoms with Crippen molar-refractivity contribution < 1.29 is 9.63 Å². The average Bonchev–Trinajstić information content (AvgIpc) is 3.30. The number of nitrogens with zero attached hydrogens (tertiary/aromatic N) is 1. The Labute approximate surface area is 206 Å². The standard InChI is InChI=1S/C30H57NO2/c1-3-5-7-9-11-13-15-16-18-20-22-24-26-30(32)29-27-28(33-31-29)25-23-21-19-17-14-12-10-8-6-4-2/h28H,3-27H2,1-2H3. The first-order valence-corrected chi connectivity index (χ1v) is 15.0. The molecule has 1 aliphatic heterocycles. The molecule has 194 valence electrons. The summed E-state index contributed by atoms with van der Waals surface area (Å²) >= 11 is 0. The Hall–Kier alpha value is -0.860. The van der Waals surface area contributed by atoms with E-state index >= 15 is 0 Å². The zero-order valence-electron chi connectivity index (χ0n) is 22.5. The maximum atomic E-state index is 12.4. The van der Waals surface area contributed by atoms with E-state index in [1.165, 1.54) is 135 Å². The van der Waals surface area contributed by atoms with E-state index in [0.717, 1.165) is 19.3 Å². The van der Waals surface area contributed by atoms with Crippen LogP contribution in [0.5, 0.6) is 0 Å². The van der Waals surface area contributed by atoms with Crippen molar-refractivity contribution in [1.29, 1.82) is 0 Å². The van der Waals surface area contributed by atoms with Gasteiger partial charge in [0.25, 0.3) is 0 Å². The molecule has 0 saturated carbocycles. The van der Waals surface area contributed by atoms with Crippen LogP contribution in [0.3, 0.4) is 0 Å². The quantitative estimate of drug-likeness (QED) is 0.126. The molecule has 1 rings (SSSR count). The third-order valence-electron chi connectivity index (χ3n) is 7.19. The molecule has 0 amide bonds. The number of oxime groups is 1. The molecule has 3 heteroatoms. The predicted octanol–water partition coefficient (Wildman–Crippen LogP) is 10.1. The largest absolute Gasteiger partial charge is 0.392 e. The van der Waals surface area contributed by atoms with Gasteiger partial charge in [0.1, 0.15) is 11.8 Å². The molecule has 1 aliphatic rings. The van der Waals surface area contributed by atoms with Gasteiger partial charge in [-0.05, 0) is 19.3 Å². The second-order valence-corrected chi connectivity index (χ2v) is 10.5. The first-order chi connectivity index (χ1) is 16.3. The van der Waals surface area contributed by atoms with E-state index in [1.54, 1.807) is 0 Å². The van der Waals surface area contributed by atoms with Crippen molar-refractivity contribution in [3.63, 3.8) is 0 Å². The second-order valence-electron chi connectivity index (χ2n) is 10.5. The number of ketones is 1. The highest BCUT2D eigenvalue weighted by Gasteiger charge is 2.25. The summed E-state index contributed by atoms with van der Waals surface area (Å²) in [6.45, 7) is 4.55. The smallest absolute Gasteiger partial charge is 0.180 e. The molecule has 3 nitrogen and oxygen atoms in total. The van der Waals surface area contributed by atoms with Gasteiger partial charge in [-0.25, -0.2) is 0 Å². The molecule has 33 heavy (non-hydrogen) atoms. The number of hydrogen-bond donors (Lipinski definition) is 0. The van der Waals surface area contributed by atoms with Gasteiger partial charge < -0.3 is 4.84 Å². The van der Waals surface area contributed by atoms with Crippen LogP contribution in [0.25, 0.3) is 0 Å². The van der Waals surface area contributed by atoms with Gasteiger partial charge in [-0.3, -0.25) is 4.79 Å². The molecule has 0 fully saturated rings. The third-order valence-corrected chi connectivity index (χ3v) is 7.19. The summed E-state index contributed by atoms with van der Waals surface area (Å²) in [4.78, 5) is 18.0. The highest BCUT2D eigenvalue weighted by molar-refractivity contribution is 6.40.